The lowest BCUT2D eigenvalue weighted by atomic mass is 10.0. The second kappa shape index (κ2) is 3.86. The van der Waals surface area contributed by atoms with Crippen molar-refractivity contribution in [3.8, 4) is 0 Å². The molecule has 80 valence electrons. The van der Waals surface area contributed by atoms with Gasteiger partial charge in [0.05, 0.1) is 0 Å². The van der Waals surface area contributed by atoms with Crippen molar-refractivity contribution in [3.05, 3.63) is 0 Å². The van der Waals surface area contributed by atoms with Gasteiger partial charge in [0.25, 0.3) is 0 Å². The van der Waals surface area contributed by atoms with Crippen molar-refractivity contribution in [3.63, 3.8) is 0 Å². The van der Waals surface area contributed by atoms with Gasteiger partial charge in [-0.25, -0.2) is 9.59 Å². The van der Waals surface area contributed by atoms with E-state index in [1.54, 1.807) is 6.92 Å². The summed E-state index contributed by atoms with van der Waals surface area (Å²) in [6, 6.07) is -0.637. The monoisotopic (exact) mass is 201 g/mol. The molecule has 0 aromatic rings. The van der Waals surface area contributed by atoms with Crippen LogP contribution in [0.15, 0.2) is 0 Å². The molecule has 1 fully saturated rings. The molecule has 5 nitrogen and oxygen atoms in total. The Morgan fingerprint density at radius 1 is 1.64 bits per heavy atom. The summed E-state index contributed by atoms with van der Waals surface area (Å²) in [5, 5.41) is 8.88. The summed E-state index contributed by atoms with van der Waals surface area (Å²) in [5.41, 5.74) is 0. The number of rotatable bonds is 2. The van der Waals surface area contributed by atoms with Crippen LogP contribution in [-0.2, 0) is 9.53 Å². The maximum Gasteiger partial charge on any atom is 0.410 e. The summed E-state index contributed by atoms with van der Waals surface area (Å²) in [6.45, 7) is 5.44. The summed E-state index contributed by atoms with van der Waals surface area (Å²) in [4.78, 5) is 23.2. The highest BCUT2D eigenvalue weighted by Crippen LogP contribution is 2.23. The molecule has 0 unspecified atom stereocenters. The Bertz CT molecular complexity index is 251. The Balaban J connectivity index is 2.78. The first-order valence-electron chi connectivity index (χ1n) is 4.65. The van der Waals surface area contributed by atoms with Gasteiger partial charge in [-0.05, 0) is 19.3 Å². The second-order valence-electron chi connectivity index (χ2n) is 3.87. The fourth-order valence-corrected chi connectivity index (χ4v) is 1.62. The number of carbonyl (C=O) groups excluding carboxylic acids is 1. The minimum absolute atomic E-state index is 0.264. The minimum atomic E-state index is -1.10. The maximum absolute atomic E-state index is 11.3. The summed E-state index contributed by atoms with van der Waals surface area (Å²) in [5.74, 6) is -0.173. The lowest BCUT2D eigenvalue weighted by molar-refractivity contribution is -0.142. The average Bonchev–Trinajstić information content (AvgIpc) is 2.25. The SMILES string of the molecule is CC(C)C[C@H]1C(=O)O[C@H](C)N1C(=O)O. The molecule has 0 aromatic heterocycles. The van der Waals surface area contributed by atoms with E-state index in [4.69, 9.17) is 9.84 Å². The molecular formula is C9H15NO4. The number of carbonyl (C=O) groups is 2. The third-order valence-corrected chi connectivity index (χ3v) is 2.20. The van der Waals surface area contributed by atoms with Gasteiger partial charge in [0.15, 0.2) is 6.23 Å². The van der Waals surface area contributed by atoms with Crippen molar-refractivity contribution in [2.75, 3.05) is 0 Å². The lowest BCUT2D eigenvalue weighted by Gasteiger charge is -2.21. The van der Waals surface area contributed by atoms with E-state index in [1.165, 1.54) is 0 Å². The van der Waals surface area contributed by atoms with Gasteiger partial charge in [-0.3, -0.25) is 4.90 Å². The molecule has 1 aliphatic rings. The van der Waals surface area contributed by atoms with E-state index in [0.717, 1.165) is 4.90 Å². The number of amides is 1. The topological polar surface area (TPSA) is 66.8 Å². The second-order valence-corrected chi connectivity index (χ2v) is 3.87. The van der Waals surface area contributed by atoms with Crippen LogP contribution in [0.4, 0.5) is 4.79 Å². The number of hydrogen-bond acceptors (Lipinski definition) is 3. The van der Waals surface area contributed by atoms with Crippen LogP contribution < -0.4 is 0 Å². The van der Waals surface area contributed by atoms with Crippen LogP contribution in [-0.4, -0.2) is 34.3 Å². The fraction of sp³-hybridized carbons (Fsp3) is 0.778. The Kier molecular flexibility index (Phi) is 2.98. The van der Waals surface area contributed by atoms with Crippen LogP contribution in [0.5, 0.6) is 0 Å². The van der Waals surface area contributed by atoms with Crippen LogP contribution in [0.1, 0.15) is 27.2 Å². The molecule has 1 rings (SSSR count). The van der Waals surface area contributed by atoms with Gasteiger partial charge in [0.2, 0.25) is 0 Å². The molecule has 0 aromatic carbocycles. The summed E-state index contributed by atoms with van der Waals surface area (Å²) in [6.07, 6.45) is -1.26. The number of ether oxygens (including phenoxy) is 1. The molecule has 1 amide bonds. The molecule has 5 heteroatoms. The average molecular weight is 201 g/mol. The van der Waals surface area contributed by atoms with Gasteiger partial charge in [-0.2, -0.15) is 0 Å². The predicted octanol–water partition coefficient (Wildman–Crippen LogP) is 1.28. The quantitative estimate of drug-likeness (QED) is 0.683. The van der Waals surface area contributed by atoms with Crippen LogP contribution in [0.25, 0.3) is 0 Å². The van der Waals surface area contributed by atoms with Crippen LogP contribution in [0.3, 0.4) is 0 Å². The highest BCUT2D eigenvalue weighted by atomic mass is 16.6. The van der Waals surface area contributed by atoms with E-state index in [-0.39, 0.29) is 5.92 Å². The van der Waals surface area contributed by atoms with Gasteiger partial charge in [0.1, 0.15) is 6.04 Å². The highest BCUT2D eigenvalue weighted by molar-refractivity contribution is 5.83. The first-order chi connectivity index (χ1) is 6.43. The molecule has 0 spiro atoms. The van der Waals surface area contributed by atoms with E-state index in [2.05, 4.69) is 0 Å². The van der Waals surface area contributed by atoms with E-state index >= 15 is 0 Å². The molecule has 0 saturated carbocycles. The van der Waals surface area contributed by atoms with E-state index in [0.29, 0.717) is 6.42 Å². The van der Waals surface area contributed by atoms with Gasteiger partial charge in [-0.15, -0.1) is 0 Å². The van der Waals surface area contributed by atoms with E-state index in [9.17, 15) is 9.59 Å². The van der Waals surface area contributed by atoms with Crippen molar-refractivity contribution < 1.29 is 19.4 Å². The smallest absolute Gasteiger partial charge is 0.410 e. The van der Waals surface area contributed by atoms with Gasteiger partial charge < -0.3 is 9.84 Å². The Morgan fingerprint density at radius 2 is 2.21 bits per heavy atom. The highest BCUT2D eigenvalue weighted by Gasteiger charge is 2.42. The van der Waals surface area contributed by atoms with Gasteiger partial charge in [-0.1, -0.05) is 13.8 Å². The van der Waals surface area contributed by atoms with E-state index in [1.807, 2.05) is 13.8 Å². The number of cyclic esters (lactones) is 1. The lowest BCUT2D eigenvalue weighted by Crippen LogP contribution is -2.41. The number of carboxylic acid groups (broad SMARTS) is 1. The maximum atomic E-state index is 11.3. The normalized spacial score (nSPS) is 26.9. The van der Waals surface area contributed by atoms with Crippen molar-refractivity contribution in [2.24, 2.45) is 5.92 Å². The Morgan fingerprint density at radius 3 is 2.64 bits per heavy atom. The molecular weight excluding hydrogens is 186 g/mol. The molecule has 2 atom stereocenters. The zero-order chi connectivity index (χ0) is 10.9. The number of hydrogen-bond donors (Lipinski definition) is 1. The van der Waals surface area contributed by atoms with Crippen molar-refractivity contribution >= 4 is 12.1 Å². The molecule has 1 heterocycles. The zero-order valence-electron chi connectivity index (χ0n) is 8.56. The number of esters is 1. The zero-order valence-corrected chi connectivity index (χ0v) is 8.56. The molecule has 1 saturated heterocycles. The number of nitrogens with zero attached hydrogens (tertiary/aromatic N) is 1. The van der Waals surface area contributed by atoms with Crippen molar-refractivity contribution in [2.45, 2.75) is 39.5 Å². The molecule has 0 radical (unpaired) electrons. The van der Waals surface area contributed by atoms with E-state index < -0.39 is 24.3 Å². The predicted molar refractivity (Wildman–Crippen MR) is 48.7 cm³/mol. The molecule has 0 bridgehead atoms. The first-order valence-corrected chi connectivity index (χ1v) is 4.65. The van der Waals surface area contributed by atoms with Crippen LogP contribution in [0.2, 0.25) is 0 Å². The Labute approximate surface area is 82.6 Å². The fourth-order valence-electron chi connectivity index (χ4n) is 1.62. The summed E-state index contributed by atoms with van der Waals surface area (Å²) < 4.78 is 4.85. The third-order valence-electron chi connectivity index (χ3n) is 2.20. The van der Waals surface area contributed by atoms with Crippen LogP contribution >= 0.6 is 0 Å². The molecule has 0 aliphatic carbocycles. The summed E-state index contributed by atoms with van der Waals surface area (Å²) in [7, 11) is 0. The van der Waals surface area contributed by atoms with Gasteiger partial charge in [0, 0.05) is 0 Å². The minimum Gasteiger partial charge on any atom is -0.465 e. The largest absolute Gasteiger partial charge is 0.465 e. The first kappa shape index (κ1) is 10.8. The molecule has 1 aliphatic heterocycles. The third kappa shape index (κ3) is 1.97. The van der Waals surface area contributed by atoms with Crippen LogP contribution in [0, 0.1) is 5.92 Å². The Hall–Kier alpha value is -1.26. The molecule has 1 N–H and O–H groups in total. The van der Waals surface area contributed by atoms with Crippen molar-refractivity contribution in [1.29, 1.82) is 0 Å². The summed E-state index contributed by atoms with van der Waals surface area (Å²) >= 11 is 0. The van der Waals surface area contributed by atoms with Gasteiger partial charge >= 0.3 is 12.1 Å². The van der Waals surface area contributed by atoms with Crippen molar-refractivity contribution in [1.82, 2.24) is 4.90 Å². The standard InChI is InChI=1S/C9H15NO4/c1-5(2)4-7-8(11)14-6(3)10(7)9(12)13/h5-7H,4H2,1-3H3,(H,12,13)/t6-,7+/m1/s1. The molecule has 14 heavy (non-hydrogen) atoms.